The number of anilines is 1. The van der Waals surface area contributed by atoms with E-state index in [1.807, 2.05) is 24.3 Å². The third-order valence-electron chi connectivity index (χ3n) is 5.01. The molecular weight excluding hydrogens is 384 g/mol. The summed E-state index contributed by atoms with van der Waals surface area (Å²) in [6.45, 7) is 1.43. The molecule has 0 bridgehead atoms. The van der Waals surface area contributed by atoms with Crippen molar-refractivity contribution in [1.29, 1.82) is 0 Å². The molecule has 3 aromatic rings. The number of hydrogen-bond acceptors (Lipinski definition) is 3. The molecule has 0 unspecified atom stereocenters. The van der Waals surface area contributed by atoms with E-state index in [2.05, 4.69) is 15.2 Å². The minimum absolute atomic E-state index is 0.0716. The molecule has 0 radical (unpaired) electrons. The van der Waals surface area contributed by atoms with Gasteiger partial charge >= 0.3 is 0 Å². The summed E-state index contributed by atoms with van der Waals surface area (Å²) in [6.07, 6.45) is 3.18. The molecule has 28 heavy (non-hydrogen) atoms. The normalized spacial score (nSPS) is 15.0. The molecule has 1 amide bonds. The molecule has 1 N–H and O–H groups in total. The zero-order chi connectivity index (χ0) is 19.7. The fourth-order valence-electron chi connectivity index (χ4n) is 3.56. The largest absolute Gasteiger partial charge is 0.356 e. The van der Waals surface area contributed by atoms with E-state index in [0.717, 1.165) is 28.7 Å². The maximum absolute atomic E-state index is 13.8. The minimum atomic E-state index is -0.853. The zero-order valence-electron chi connectivity index (χ0n) is 15.0. The standard InChI is InChI=1S/C21H18ClF2N3O/c22-14-1-3-17-13(11-14)5-8-25-20(17)27-9-6-16(7-10-27)26-21(28)18-4-2-15(23)12-19(18)24/h1-5,8,11-12,16H,6-7,9-10H2,(H,26,28). The van der Waals surface area contributed by atoms with Gasteiger partial charge in [0.15, 0.2) is 0 Å². The Morgan fingerprint density at radius 1 is 1.11 bits per heavy atom. The number of rotatable bonds is 3. The lowest BCUT2D eigenvalue weighted by Gasteiger charge is -2.33. The van der Waals surface area contributed by atoms with Gasteiger partial charge in [-0.2, -0.15) is 0 Å². The zero-order valence-corrected chi connectivity index (χ0v) is 15.7. The van der Waals surface area contributed by atoms with E-state index in [1.165, 1.54) is 6.07 Å². The highest BCUT2D eigenvalue weighted by atomic mass is 35.5. The van der Waals surface area contributed by atoms with E-state index in [4.69, 9.17) is 11.6 Å². The summed E-state index contributed by atoms with van der Waals surface area (Å²) >= 11 is 6.07. The van der Waals surface area contributed by atoms with E-state index in [0.29, 0.717) is 31.0 Å². The molecule has 7 heteroatoms. The van der Waals surface area contributed by atoms with Crippen molar-refractivity contribution in [2.45, 2.75) is 18.9 Å². The van der Waals surface area contributed by atoms with Gasteiger partial charge in [0.25, 0.3) is 5.91 Å². The third-order valence-corrected chi connectivity index (χ3v) is 5.25. The molecule has 1 aliphatic rings. The van der Waals surface area contributed by atoms with Gasteiger partial charge in [-0.15, -0.1) is 0 Å². The van der Waals surface area contributed by atoms with Gasteiger partial charge in [-0.25, -0.2) is 13.8 Å². The molecule has 1 aromatic heterocycles. The maximum Gasteiger partial charge on any atom is 0.254 e. The molecule has 2 heterocycles. The number of hydrogen-bond donors (Lipinski definition) is 1. The highest BCUT2D eigenvalue weighted by Crippen LogP contribution is 2.28. The number of carbonyl (C=O) groups is 1. The minimum Gasteiger partial charge on any atom is -0.356 e. The molecule has 1 saturated heterocycles. The van der Waals surface area contributed by atoms with Crippen molar-refractivity contribution >= 4 is 34.1 Å². The lowest BCUT2D eigenvalue weighted by Crippen LogP contribution is -2.45. The van der Waals surface area contributed by atoms with Crippen LogP contribution in [-0.4, -0.2) is 30.0 Å². The van der Waals surface area contributed by atoms with E-state index >= 15 is 0 Å². The van der Waals surface area contributed by atoms with E-state index in [-0.39, 0.29) is 11.6 Å². The van der Waals surface area contributed by atoms with Crippen molar-refractivity contribution in [3.8, 4) is 0 Å². The van der Waals surface area contributed by atoms with Crippen LogP contribution in [0.15, 0.2) is 48.7 Å². The Balaban J connectivity index is 1.43. The molecule has 0 aliphatic carbocycles. The number of halogens is 3. The quantitative estimate of drug-likeness (QED) is 0.699. The van der Waals surface area contributed by atoms with Crippen molar-refractivity contribution in [3.63, 3.8) is 0 Å². The van der Waals surface area contributed by atoms with Crippen LogP contribution >= 0.6 is 11.6 Å². The van der Waals surface area contributed by atoms with Crippen LogP contribution in [0.25, 0.3) is 10.8 Å². The van der Waals surface area contributed by atoms with E-state index in [9.17, 15) is 13.6 Å². The summed E-state index contributed by atoms with van der Waals surface area (Å²) in [6, 6.07) is 10.5. The first-order chi connectivity index (χ1) is 13.5. The molecule has 1 fully saturated rings. The lowest BCUT2D eigenvalue weighted by atomic mass is 10.0. The first-order valence-corrected chi connectivity index (χ1v) is 9.44. The van der Waals surface area contributed by atoms with Crippen LogP contribution in [0, 0.1) is 11.6 Å². The second-order valence-electron chi connectivity index (χ2n) is 6.86. The Kier molecular flexibility index (Phi) is 5.13. The molecule has 4 rings (SSSR count). The van der Waals surface area contributed by atoms with Crippen molar-refractivity contribution in [2.24, 2.45) is 0 Å². The number of amides is 1. The van der Waals surface area contributed by atoms with Crippen molar-refractivity contribution in [2.75, 3.05) is 18.0 Å². The number of nitrogens with one attached hydrogen (secondary N) is 1. The SMILES string of the molecule is O=C(NC1CCN(c2nccc3cc(Cl)ccc23)CC1)c1ccc(F)cc1F. The van der Waals surface area contributed by atoms with Gasteiger partial charge in [0.1, 0.15) is 17.5 Å². The average molecular weight is 402 g/mol. The van der Waals surface area contributed by atoms with Crippen molar-refractivity contribution in [3.05, 3.63) is 70.9 Å². The molecule has 0 spiro atoms. The molecular formula is C21H18ClF2N3O. The molecule has 4 nitrogen and oxygen atoms in total. The number of carbonyl (C=O) groups excluding carboxylic acids is 1. The van der Waals surface area contributed by atoms with Gasteiger partial charge in [-0.05, 0) is 54.6 Å². The fourth-order valence-corrected chi connectivity index (χ4v) is 3.74. The second kappa shape index (κ2) is 7.72. The highest BCUT2D eigenvalue weighted by Gasteiger charge is 2.24. The van der Waals surface area contributed by atoms with Crippen LogP contribution in [0.5, 0.6) is 0 Å². The summed E-state index contributed by atoms with van der Waals surface area (Å²) in [4.78, 5) is 19.0. The predicted molar refractivity (Wildman–Crippen MR) is 106 cm³/mol. The number of pyridine rings is 1. The van der Waals surface area contributed by atoms with Crippen LogP contribution < -0.4 is 10.2 Å². The van der Waals surface area contributed by atoms with Gasteiger partial charge < -0.3 is 10.2 Å². The first-order valence-electron chi connectivity index (χ1n) is 9.06. The first kappa shape index (κ1) is 18.6. The fraction of sp³-hybridized carbons (Fsp3) is 0.238. The Morgan fingerprint density at radius 2 is 1.89 bits per heavy atom. The topological polar surface area (TPSA) is 45.2 Å². The van der Waals surface area contributed by atoms with Gasteiger partial charge in [0, 0.05) is 41.8 Å². The van der Waals surface area contributed by atoms with Crippen molar-refractivity contribution < 1.29 is 13.6 Å². The summed E-state index contributed by atoms with van der Waals surface area (Å²) in [5.74, 6) is -1.18. The third kappa shape index (κ3) is 3.78. The molecule has 2 aromatic carbocycles. The Labute approximate surface area is 166 Å². The molecule has 1 aliphatic heterocycles. The summed E-state index contributed by atoms with van der Waals surface area (Å²) in [7, 11) is 0. The van der Waals surface area contributed by atoms with E-state index in [1.54, 1.807) is 6.20 Å². The Bertz CT molecular complexity index is 1040. The number of aromatic nitrogens is 1. The molecule has 144 valence electrons. The van der Waals surface area contributed by atoms with Crippen LogP contribution in [0.2, 0.25) is 5.02 Å². The number of fused-ring (bicyclic) bond motifs is 1. The summed E-state index contributed by atoms with van der Waals surface area (Å²) in [5, 5.41) is 5.58. The van der Waals surface area contributed by atoms with Crippen LogP contribution in [0.3, 0.4) is 0 Å². The summed E-state index contributed by atoms with van der Waals surface area (Å²) in [5.41, 5.74) is -0.142. The van der Waals surface area contributed by atoms with Crippen LogP contribution in [0.1, 0.15) is 23.2 Å². The maximum atomic E-state index is 13.8. The molecule has 0 saturated carbocycles. The smallest absolute Gasteiger partial charge is 0.254 e. The second-order valence-corrected chi connectivity index (χ2v) is 7.30. The van der Waals surface area contributed by atoms with Gasteiger partial charge in [0.2, 0.25) is 0 Å². The van der Waals surface area contributed by atoms with Crippen LogP contribution in [-0.2, 0) is 0 Å². The molecule has 0 atom stereocenters. The summed E-state index contributed by atoms with van der Waals surface area (Å²) < 4.78 is 26.8. The van der Waals surface area contributed by atoms with E-state index < -0.39 is 17.5 Å². The van der Waals surface area contributed by atoms with Crippen molar-refractivity contribution in [1.82, 2.24) is 10.3 Å². The average Bonchev–Trinajstić information content (AvgIpc) is 2.68. The number of nitrogens with zero attached hydrogens (tertiary/aromatic N) is 2. The van der Waals surface area contributed by atoms with Gasteiger partial charge in [-0.1, -0.05) is 11.6 Å². The lowest BCUT2D eigenvalue weighted by molar-refractivity contribution is 0.0927. The number of piperidine rings is 1. The number of benzene rings is 2. The Hall–Kier alpha value is -2.73. The monoisotopic (exact) mass is 401 g/mol. The predicted octanol–water partition coefficient (Wildman–Crippen LogP) is 4.57. The van der Waals surface area contributed by atoms with Gasteiger partial charge in [0.05, 0.1) is 5.56 Å². The highest BCUT2D eigenvalue weighted by molar-refractivity contribution is 6.31. The van der Waals surface area contributed by atoms with Gasteiger partial charge in [-0.3, -0.25) is 4.79 Å². The Morgan fingerprint density at radius 3 is 2.64 bits per heavy atom. The van der Waals surface area contributed by atoms with Crippen LogP contribution in [0.4, 0.5) is 14.6 Å².